The van der Waals surface area contributed by atoms with Crippen molar-refractivity contribution >= 4 is 38.5 Å². The zero-order chi connectivity index (χ0) is 16.6. The smallest absolute Gasteiger partial charge is 0.298 e. The van der Waals surface area contributed by atoms with Crippen molar-refractivity contribution in [3.05, 3.63) is 41.8 Å². The van der Waals surface area contributed by atoms with Gasteiger partial charge in [0, 0.05) is 19.1 Å². The first-order valence-corrected chi connectivity index (χ1v) is 10.2. The Morgan fingerprint density at radius 3 is 2.96 bits per heavy atom. The summed E-state index contributed by atoms with van der Waals surface area (Å²) in [6.07, 6.45) is 1.90. The molecular weight excluding hydrogens is 346 g/mol. The minimum Gasteiger partial charge on any atom is -0.423 e. The van der Waals surface area contributed by atoms with Gasteiger partial charge in [0.1, 0.15) is 9.73 Å². The van der Waals surface area contributed by atoms with E-state index >= 15 is 0 Å². The third-order valence-electron chi connectivity index (χ3n) is 4.17. The quantitative estimate of drug-likeness (QED) is 0.754. The molecule has 0 aliphatic carbocycles. The summed E-state index contributed by atoms with van der Waals surface area (Å²) in [7, 11) is -3.44. The van der Waals surface area contributed by atoms with Gasteiger partial charge in [-0.15, -0.1) is 11.3 Å². The summed E-state index contributed by atoms with van der Waals surface area (Å²) in [5, 5.41) is 1.76. The van der Waals surface area contributed by atoms with Gasteiger partial charge in [-0.3, -0.25) is 0 Å². The van der Waals surface area contributed by atoms with Gasteiger partial charge in [0.2, 0.25) is 10.0 Å². The molecule has 0 radical (unpaired) electrons. The van der Waals surface area contributed by atoms with Crippen molar-refractivity contribution in [3.8, 4) is 0 Å². The maximum Gasteiger partial charge on any atom is 0.298 e. The molecule has 1 saturated heterocycles. The van der Waals surface area contributed by atoms with E-state index in [1.165, 1.54) is 11.3 Å². The highest BCUT2D eigenvalue weighted by atomic mass is 32.2. The molecule has 0 saturated carbocycles. The zero-order valence-corrected chi connectivity index (χ0v) is 14.5. The van der Waals surface area contributed by atoms with Crippen LogP contribution in [0.15, 0.2) is 50.4 Å². The largest absolute Gasteiger partial charge is 0.423 e. The van der Waals surface area contributed by atoms with Crippen LogP contribution in [-0.2, 0) is 10.0 Å². The van der Waals surface area contributed by atoms with Crippen LogP contribution in [0.3, 0.4) is 0 Å². The molecule has 1 aromatic carbocycles. The number of fused-ring (bicyclic) bond motifs is 1. The average molecular weight is 363 g/mol. The van der Waals surface area contributed by atoms with Gasteiger partial charge >= 0.3 is 0 Å². The normalized spacial score (nSPS) is 18.5. The van der Waals surface area contributed by atoms with Crippen molar-refractivity contribution in [2.75, 3.05) is 18.0 Å². The Hall–Kier alpha value is -1.90. The number of anilines is 1. The van der Waals surface area contributed by atoms with Crippen molar-refractivity contribution in [1.82, 2.24) is 9.71 Å². The van der Waals surface area contributed by atoms with Crippen LogP contribution in [0.2, 0.25) is 0 Å². The minimum atomic E-state index is -3.44. The van der Waals surface area contributed by atoms with Gasteiger partial charge in [-0.25, -0.2) is 13.1 Å². The van der Waals surface area contributed by atoms with Gasteiger partial charge in [0.15, 0.2) is 5.58 Å². The van der Waals surface area contributed by atoms with Gasteiger partial charge in [-0.05, 0) is 36.4 Å². The lowest BCUT2D eigenvalue weighted by Gasteiger charge is -2.22. The molecule has 2 aromatic heterocycles. The number of benzene rings is 1. The van der Waals surface area contributed by atoms with Crippen LogP contribution in [0.25, 0.3) is 11.1 Å². The number of thiophene rings is 1. The molecule has 0 bridgehead atoms. The number of hydrogen-bond donors (Lipinski definition) is 1. The number of oxazole rings is 1. The highest BCUT2D eigenvalue weighted by Gasteiger charge is 2.29. The van der Waals surface area contributed by atoms with Crippen LogP contribution < -0.4 is 9.62 Å². The molecule has 1 fully saturated rings. The standard InChI is InChI=1S/C16H17N3O3S2/c20-24(21,15-8-4-10-23-15)17-11-12-5-3-9-19(12)16-18-13-6-1-2-7-14(13)22-16/h1-2,4,6-8,10,12,17H,3,5,9,11H2/t12-/m1/s1. The van der Waals surface area contributed by atoms with Crippen LogP contribution >= 0.6 is 11.3 Å². The van der Waals surface area contributed by atoms with Gasteiger partial charge < -0.3 is 9.32 Å². The fraction of sp³-hybridized carbons (Fsp3) is 0.312. The number of hydrogen-bond acceptors (Lipinski definition) is 6. The Morgan fingerprint density at radius 2 is 2.17 bits per heavy atom. The van der Waals surface area contributed by atoms with Crippen LogP contribution in [-0.4, -0.2) is 32.5 Å². The van der Waals surface area contributed by atoms with Gasteiger partial charge in [-0.1, -0.05) is 18.2 Å². The third-order valence-corrected chi connectivity index (χ3v) is 7.00. The van der Waals surface area contributed by atoms with Crippen LogP contribution in [0, 0.1) is 0 Å². The second-order valence-corrected chi connectivity index (χ2v) is 8.68. The van der Waals surface area contributed by atoms with Gasteiger partial charge in [-0.2, -0.15) is 4.98 Å². The first kappa shape index (κ1) is 15.6. The molecule has 0 spiro atoms. The number of para-hydroxylation sites is 2. The van der Waals surface area contributed by atoms with Crippen molar-refractivity contribution < 1.29 is 12.8 Å². The molecule has 1 N–H and O–H groups in total. The predicted octanol–water partition coefficient (Wildman–Crippen LogP) is 2.84. The second-order valence-electron chi connectivity index (χ2n) is 5.74. The van der Waals surface area contributed by atoms with E-state index in [2.05, 4.69) is 14.6 Å². The Labute approximate surface area is 144 Å². The Bertz CT molecular complexity index is 902. The van der Waals surface area contributed by atoms with Crippen LogP contribution in [0.5, 0.6) is 0 Å². The molecule has 3 aromatic rings. The molecule has 0 unspecified atom stereocenters. The maximum absolute atomic E-state index is 12.3. The number of rotatable bonds is 5. The lowest BCUT2D eigenvalue weighted by molar-refractivity contribution is 0.534. The van der Waals surface area contributed by atoms with E-state index < -0.39 is 10.0 Å². The summed E-state index contributed by atoms with van der Waals surface area (Å²) in [5.74, 6) is 0. The molecule has 1 aliphatic rings. The van der Waals surface area contributed by atoms with Crippen LogP contribution in [0.4, 0.5) is 6.01 Å². The zero-order valence-electron chi connectivity index (χ0n) is 12.9. The average Bonchev–Trinajstić information content (AvgIpc) is 3.31. The van der Waals surface area contributed by atoms with E-state index in [1.54, 1.807) is 17.5 Å². The molecule has 4 rings (SSSR count). The lowest BCUT2D eigenvalue weighted by atomic mass is 10.2. The predicted molar refractivity (Wildman–Crippen MR) is 93.9 cm³/mol. The first-order valence-electron chi connectivity index (χ1n) is 7.79. The Morgan fingerprint density at radius 1 is 1.29 bits per heavy atom. The van der Waals surface area contributed by atoms with Crippen molar-refractivity contribution in [2.24, 2.45) is 0 Å². The van der Waals surface area contributed by atoms with E-state index in [0.29, 0.717) is 16.8 Å². The fourth-order valence-corrected chi connectivity index (χ4v) is 5.09. The molecule has 3 heterocycles. The molecule has 6 nitrogen and oxygen atoms in total. The molecule has 1 atom stereocenters. The fourth-order valence-electron chi connectivity index (χ4n) is 2.98. The summed E-state index contributed by atoms with van der Waals surface area (Å²) in [6.45, 7) is 1.16. The van der Waals surface area contributed by atoms with E-state index in [-0.39, 0.29) is 6.04 Å². The van der Waals surface area contributed by atoms with Gasteiger partial charge in [0.05, 0.1) is 0 Å². The minimum absolute atomic E-state index is 0.0489. The number of aromatic nitrogens is 1. The van der Waals surface area contributed by atoms with Crippen molar-refractivity contribution in [2.45, 2.75) is 23.1 Å². The maximum atomic E-state index is 12.3. The second kappa shape index (κ2) is 6.19. The SMILES string of the molecule is O=S(=O)(NC[C@H]1CCCN1c1nc2ccccc2o1)c1cccs1. The number of sulfonamides is 1. The van der Waals surface area contributed by atoms with E-state index in [4.69, 9.17) is 4.42 Å². The molecule has 1 aliphatic heterocycles. The monoisotopic (exact) mass is 363 g/mol. The molecular formula is C16H17N3O3S2. The molecule has 126 valence electrons. The van der Waals surface area contributed by atoms with E-state index in [9.17, 15) is 8.42 Å². The summed E-state index contributed by atoms with van der Waals surface area (Å²) < 4.78 is 33.4. The molecule has 0 amide bonds. The first-order chi connectivity index (χ1) is 11.6. The van der Waals surface area contributed by atoms with E-state index in [0.717, 1.165) is 30.5 Å². The molecule has 24 heavy (non-hydrogen) atoms. The van der Waals surface area contributed by atoms with Gasteiger partial charge in [0.25, 0.3) is 6.01 Å². The summed E-state index contributed by atoms with van der Waals surface area (Å²) in [5.41, 5.74) is 1.56. The van der Waals surface area contributed by atoms with Crippen molar-refractivity contribution in [3.63, 3.8) is 0 Å². The third kappa shape index (κ3) is 2.92. The highest BCUT2D eigenvalue weighted by molar-refractivity contribution is 7.91. The Balaban J connectivity index is 1.51. The topological polar surface area (TPSA) is 75.4 Å². The molecule has 8 heteroatoms. The van der Waals surface area contributed by atoms with Crippen LogP contribution in [0.1, 0.15) is 12.8 Å². The summed E-state index contributed by atoms with van der Waals surface area (Å²) in [6, 6.07) is 11.6. The van der Waals surface area contributed by atoms with Crippen molar-refractivity contribution in [1.29, 1.82) is 0 Å². The Kier molecular flexibility index (Phi) is 4.03. The summed E-state index contributed by atoms with van der Waals surface area (Å²) >= 11 is 1.22. The lowest BCUT2D eigenvalue weighted by Crippen LogP contribution is -2.40. The number of nitrogens with one attached hydrogen (secondary N) is 1. The van der Waals surface area contributed by atoms with E-state index in [1.807, 2.05) is 24.3 Å². The highest BCUT2D eigenvalue weighted by Crippen LogP contribution is 2.28. The summed E-state index contributed by atoms with van der Waals surface area (Å²) in [4.78, 5) is 6.58. The number of nitrogens with zero attached hydrogens (tertiary/aromatic N) is 2.